The van der Waals surface area contributed by atoms with Crippen LogP contribution in [0.3, 0.4) is 0 Å². The molecule has 7 heteroatoms. The van der Waals surface area contributed by atoms with Crippen LogP contribution < -0.4 is 10.5 Å². The molecule has 2 N–H and O–H groups in total. The zero-order valence-corrected chi connectivity index (χ0v) is 10.8. The molecule has 0 saturated heterocycles. The van der Waals surface area contributed by atoms with Gasteiger partial charge in [0.05, 0.1) is 17.9 Å². The lowest BCUT2D eigenvalue weighted by molar-refractivity contribution is 0.189. The van der Waals surface area contributed by atoms with Gasteiger partial charge in [0, 0.05) is 0 Å². The van der Waals surface area contributed by atoms with Gasteiger partial charge < -0.3 is 10.5 Å². The van der Waals surface area contributed by atoms with Crippen LogP contribution >= 0.6 is 0 Å². The van der Waals surface area contributed by atoms with Crippen molar-refractivity contribution in [2.45, 2.75) is 44.1 Å². The Bertz CT molecular complexity index is 546. The van der Waals surface area contributed by atoms with E-state index in [2.05, 4.69) is 20.5 Å². The SMILES string of the molecule is NC1(COc2cncc3nnnn23)CCCCCC1. The average molecular weight is 262 g/mol. The van der Waals surface area contributed by atoms with E-state index < -0.39 is 0 Å². The Morgan fingerprint density at radius 1 is 1.21 bits per heavy atom. The number of tetrazole rings is 1. The Morgan fingerprint density at radius 3 is 2.79 bits per heavy atom. The van der Waals surface area contributed by atoms with Crippen molar-refractivity contribution in [3.05, 3.63) is 12.4 Å². The molecule has 2 aromatic heterocycles. The molecule has 1 aliphatic carbocycles. The highest BCUT2D eigenvalue weighted by atomic mass is 16.5. The molecule has 0 amide bonds. The summed E-state index contributed by atoms with van der Waals surface area (Å²) in [5, 5.41) is 11.3. The van der Waals surface area contributed by atoms with Gasteiger partial charge in [-0.05, 0) is 23.3 Å². The fraction of sp³-hybridized carbons (Fsp3) is 0.667. The van der Waals surface area contributed by atoms with Crippen molar-refractivity contribution in [3.8, 4) is 5.88 Å². The van der Waals surface area contributed by atoms with Crippen LogP contribution in [-0.4, -0.2) is 37.2 Å². The zero-order valence-electron chi connectivity index (χ0n) is 10.8. The average Bonchev–Trinajstić information content (AvgIpc) is 2.80. The van der Waals surface area contributed by atoms with Gasteiger partial charge in [0.2, 0.25) is 11.5 Å². The molecular weight excluding hydrogens is 244 g/mol. The number of nitrogens with zero attached hydrogens (tertiary/aromatic N) is 5. The minimum atomic E-state index is -0.243. The van der Waals surface area contributed by atoms with Gasteiger partial charge in [0.25, 0.3) is 0 Å². The summed E-state index contributed by atoms with van der Waals surface area (Å²) in [6.07, 6.45) is 10.1. The second kappa shape index (κ2) is 5.08. The Hall–Kier alpha value is -1.76. The third kappa shape index (κ3) is 2.65. The molecule has 0 bridgehead atoms. The first kappa shape index (κ1) is 12.3. The van der Waals surface area contributed by atoms with E-state index in [1.165, 1.54) is 30.2 Å². The Kier molecular flexibility index (Phi) is 3.29. The van der Waals surface area contributed by atoms with E-state index >= 15 is 0 Å². The molecule has 0 unspecified atom stereocenters. The summed E-state index contributed by atoms with van der Waals surface area (Å²) in [5.41, 5.74) is 6.75. The molecule has 2 heterocycles. The van der Waals surface area contributed by atoms with Gasteiger partial charge >= 0.3 is 0 Å². The third-order valence-electron chi connectivity index (χ3n) is 3.68. The van der Waals surface area contributed by atoms with Crippen molar-refractivity contribution in [2.75, 3.05) is 6.61 Å². The van der Waals surface area contributed by atoms with E-state index in [-0.39, 0.29) is 5.54 Å². The molecule has 1 saturated carbocycles. The van der Waals surface area contributed by atoms with Gasteiger partial charge in [-0.2, -0.15) is 4.52 Å². The molecule has 0 radical (unpaired) electrons. The lowest BCUT2D eigenvalue weighted by Crippen LogP contribution is -2.45. The van der Waals surface area contributed by atoms with Crippen LogP contribution in [0.2, 0.25) is 0 Å². The summed E-state index contributed by atoms with van der Waals surface area (Å²) in [6.45, 7) is 0.480. The monoisotopic (exact) mass is 262 g/mol. The van der Waals surface area contributed by atoms with Crippen molar-refractivity contribution in [3.63, 3.8) is 0 Å². The lowest BCUT2D eigenvalue weighted by atomic mass is 9.93. The smallest absolute Gasteiger partial charge is 0.237 e. The molecule has 3 rings (SSSR count). The van der Waals surface area contributed by atoms with Gasteiger partial charge in [0.15, 0.2) is 0 Å². The zero-order chi connectivity index (χ0) is 13.1. The molecule has 0 spiro atoms. The van der Waals surface area contributed by atoms with Crippen LogP contribution in [-0.2, 0) is 0 Å². The summed E-state index contributed by atoms with van der Waals surface area (Å²) in [5.74, 6) is 0.538. The van der Waals surface area contributed by atoms with E-state index in [4.69, 9.17) is 10.5 Å². The van der Waals surface area contributed by atoms with Crippen LogP contribution in [0.1, 0.15) is 38.5 Å². The van der Waals surface area contributed by atoms with E-state index in [9.17, 15) is 0 Å². The molecular formula is C12H18N6O. The third-order valence-corrected chi connectivity index (χ3v) is 3.68. The maximum atomic E-state index is 6.42. The van der Waals surface area contributed by atoms with Gasteiger partial charge in [-0.3, -0.25) is 4.98 Å². The predicted molar refractivity (Wildman–Crippen MR) is 68.7 cm³/mol. The Labute approximate surface area is 111 Å². The minimum Gasteiger partial charge on any atom is -0.475 e. The molecule has 1 aliphatic rings. The van der Waals surface area contributed by atoms with Crippen LogP contribution in [0, 0.1) is 0 Å². The van der Waals surface area contributed by atoms with Crippen molar-refractivity contribution in [1.29, 1.82) is 0 Å². The number of ether oxygens (including phenoxy) is 1. The van der Waals surface area contributed by atoms with Gasteiger partial charge in [-0.25, -0.2) is 0 Å². The fourth-order valence-electron chi connectivity index (χ4n) is 2.55. The quantitative estimate of drug-likeness (QED) is 0.828. The van der Waals surface area contributed by atoms with Crippen LogP contribution in [0.15, 0.2) is 12.4 Å². The first-order valence-corrected chi connectivity index (χ1v) is 6.71. The van der Waals surface area contributed by atoms with Crippen molar-refractivity contribution in [1.82, 2.24) is 25.0 Å². The van der Waals surface area contributed by atoms with E-state index in [1.54, 1.807) is 12.4 Å². The first-order chi connectivity index (χ1) is 9.27. The summed E-state index contributed by atoms with van der Waals surface area (Å²) in [6, 6.07) is 0. The maximum Gasteiger partial charge on any atom is 0.237 e. The summed E-state index contributed by atoms with van der Waals surface area (Å²) in [4.78, 5) is 4.06. The molecule has 2 aromatic rings. The first-order valence-electron chi connectivity index (χ1n) is 6.71. The van der Waals surface area contributed by atoms with E-state index in [0.29, 0.717) is 18.1 Å². The van der Waals surface area contributed by atoms with Crippen LogP contribution in [0.5, 0.6) is 5.88 Å². The largest absolute Gasteiger partial charge is 0.475 e. The van der Waals surface area contributed by atoms with Crippen LogP contribution in [0.4, 0.5) is 0 Å². The standard InChI is InChI=1S/C12H18N6O/c13-12(5-3-1-2-4-6-12)9-19-11-8-14-7-10-15-16-17-18(10)11/h7-8H,1-6,9,13H2. The van der Waals surface area contributed by atoms with Crippen LogP contribution in [0.25, 0.3) is 5.65 Å². The minimum absolute atomic E-state index is 0.243. The second-order valence-corrected chi connectivity index (χ2v) is 5.26. The summed E-state index contributed by atoms with van der Waals surface area (Å²) in [7, 11) is 0. The number of hydrogen-bond donors (Lipinski definition) is 1. The molecule has 0 atom stereocenters. The summed E-state index contributed by atoms with van der Waals surface area (Å²) < 4.78 is 7.34. The topological polar surface area (TPSA) is 91.2 Å². The Morgan fingerprint density at radius 2 is 2.00 bits per heavy atom. The fourth-order valence-corrected chi connectivity index (χ4v) is 2.55. The van der Waals surface area contributed by atoms with Crippen molar-refractivity contribution >= 4 is 5.65 Å². The molecule has 19 heavy (non-hydrogen) atoms. The highest BCUT2D eigenvalue weighted by Gasteiger charge is 2.27. The number of rotatable bonds is 3. The molecule has 0 aromatic carbocycles. The normalized spacial score (nSPS) is 19.2. The molecule has 1 fully saturated rings. The predicted octanol–water partition coefficient (Wildman–Crippen LogP) is 0.950. The maximum absolute atomic E-state index is 6.42. The highest BCUT2D eigenvalue weighted by molar-refractivity contribution is 5.34. The number of hydrogen-bond acceptors (Lipinski definition) is 6. The Balaban J connectivity index is 1.73. The second-order valence-electron chi connectivity index (χ2n) is 5.26. The van der Waals surface area contributed by atoms with Crippen molar-refractivity contribution < 1.29 is 4.74 Å². The van der Waals surface area contributed by atoms with E-state index in [1.807, 2.05) is 0 Å². The van der Waals surface area contributed by atoms with Gasteiger partial charge in [-0.1, -0.05) is 25.7 Å². The molecule has 0 aliphatic heterocycles. The van der Waals surface area contributed by atoms with Gasteiger partial charge in [-0.15, -0.1) is 5.10 Å². The van der Waals surface area contributed by atoms with Gasteiger partial charge in [0.1, 0.15) is 6.61 Å². The molecule has 7 nitrogen and oxygen atoms in total. The number of aromatic nitrogens is 5. The highest BCUT2D eigenvalue weighted by Crippen LogP contribution is 2.25. The lowest BCUT2D eigenvalue weighted by Gasteiger charge is -2.27. The number of nitrogens with two attached hydrogens (primary N) is 1. The number of fused-ring (bicyclic) bond motifs is 1. The summed E-state index contributed by atoms with van der Waals surface area (Å²) >= 11 is 0. The molecule has 102 valence electrons. The van der Waals surface area contributed by atoms with E-state index in [0.717, 1.165) is 12.8 Å². The van der Waals surface area contributed by atoms with Crippen molar-refractivity contribution in [2.24, 2.45) is 5.73 Å².